The first kappa shape index (κ1) is 12.7. The van der Waals surface area contributed by atoms with Gasteiger partial charge in [-0.1, -0.05) is 6.07 Å². The first-order valence-electron chi connectivity index (χ1n) is 5.50. The largest absolute Gasteiger partial charge is 0.440 e. The van der Waals surface area contributed by atoms with Gasteiger partial charge in [-0.3, -0.25) is 0 Å². The van der Waals surface area contributed by atoms with Crippen LogP contribution in [0.4, 0.5) is 0 Å². The molecule has 1 N–H and O–H groups in total. The number of thioether (sulfide) groups is 1. The summed E-state index contributed by atoms with van der Waals surface area (Å²) < 4.78 is 5.65. The maximum absolute atomic E-state index is 8.70. The average molecular weight is 269 g/mol. The number of aliphatic hydroxyl groups is 1. The molecule has 17 heavy (non-hydrogen) atoms. The molecule has 0 amide bonds. The van der Waals surface area contributed by atoms with Crippen LogP contribution in [0.15, 0.2) is 21.9 Å². The van der Waals surface area contributed by atoms with E-state index in [1.54, 1.807) is 23.1 Å². The number of hydrogen-bond acceptors (Lipinski definition) is 5. The predicted molar refractivity (Wildman–Crippen MR) is 72.4 cm³/mol. The number of nitrogens with zero attached hydrogens (tertiary/aromatic N) is 1. The smallest absolute Gasteiger partial charge is 0.236 e. The molecule has 0 aromatic carbocycles. The van der Waals surface area contributed by atoms with Crippen LogP contribution in [0.2, 0.25) is 0 Å². The molecule has 2 rings (SSSR count). The zero-order chi connectivity index (χ0) is 12.1. The molecule has 0 radical (unpaired) electrons. The minimum Gasteiger partial charge on any atom is -0.440 e. The lowest BCUT2D eigenvalue weighted by molar-refractivity contribution is 0.296. The minimum atomic E-state index is 0.255. The molecule has 0 unspecified atom stereocenters. The average Bonchev–Trinajstić information content (AvgIpc) is 2.94. The molecule has 0 fully saturated rings. The maximum Gasteiger partial charge on any atom is 0.236 e. The Kier molecular flexibility index (Phi) is 4.65. The first-order chi connectivity index (χ1) is 8.31. The van der Waals surface area contributed by atoms with Crippen molar-refractivity contribution in [1.82, 2.24) is 4.98 Å². The lowest BCUT2D eigenvalue weighted by atomic mass is 10.4. The second-order valence-electron chi connectivity index (χ2n) is 3.63. The lowest BCUT2D eigenvalue weighted by Gasteiger charge is -1.96. The monoisotopic (exact) mass is 269 g/mol. The summed E-state index contributed by atoms with van der Waals surface area (Å²) in [6, 6.07) is 4.01. The van der Waals surface area contributed by atoms with Gasteiger partial charge in [-0.25, -0.2) is 4.98 Å². The first-order valence-corrected chi connectivity index (χ1v) is 7.53. The lowest BCUT2D eigenvalue weighted by Crippen LogP contribution is -1.89. The van der Waals surface area contributed by atoms with Gasteiger partial charge in [0.05, 0.1) is 10.6 Å². The van der Waals surface area contributed by atoms with Gasteiger partial charge in [0.25, 0.3) is 0 Å². The number of oxazole rings is 1. The molecule has 3 nitrogen and oxygen atoms in total. The van der Waals surface area contributed by atoms with Crippen LogP contribution in [0, 0.1) is 6.92 Å². The van der Waals surface area contributed by atoms with Crippen LogP contribution >= 0.6 is 23.1 Å². The molecule has 0 bridgehead atoms. The topological polar surface area (TPSA) is 46.3 Å². The Morgan fingerprint density at radius 3 is 3.12 bits per heavy atom. The fourth-order valence-electron chi connectivity index (χ4n) is 1.40. The van der Waals surface area contributed by atoms with Crippen LogP contribution in [0.25, 0.3) is 10.8 Å². The normalized spacial score (nSPS) is 10.9. The molecule has 0 atom stereocenters. The van der Waals surface area contributed by atoms with E-state index in [0.717, 1.165) is 40.1 Å². The van der Waals surface area contributed by atoms with Crippen LogP contribution in [0.3, 0.4) is 0 Å². The molecule has 0 aliphatic heterocycles. The van der Waals surface area contributed by atoms with Crippen molar-refractivity contribution in [3.63, 3.8) is 0 Å². The summed E-state index contributed by atoms with van der Waals surface area (Å²) >= 11 is 3.41. The van der Waals surface area contributed by atoms with E-state index in [4.69, 9.17) is 9.52 Å². The quantitative estimate of drug-likeness (QED) is 0.817. The van der Waals surface area contributed by atoms with Crippen LogP contribution in [0.1, 0.15) is 17.9 Å². The van der Waals surface area contributed by atoms with Gasteiger partial charge >= 0.3 is 0 Å². The van der Waals surface area contributed by atoms with Gasteiger partial charge in [-0.15, -0.1) is 11.3 Å². The van der Waals surface area contributed by atoms with Gasteiger partial charge in [-0.2, -0.15) is 11.8 Å². The second-order valence-corrected chi connectivity index (χ2v) is 5.68. The summed E-state index contributed by atoms with van der Waals surface area (Å²) in [7, 11) is 0. The highest BCUT2D eigenvalue weighted by molar-refractivity contribution is 7.98. The molecule has 5 heteroatoms. The number of rotatable bonds is 6. The standard InChI is InChI=1S/C12H15NO2S2/c1-9-10(8-16-6-3-5-14)13-12(15-9)11-4-2-7-17-11/h2,4,7,14H,3,5-6,8H2,1H3. The van der Waals surface area contributed by atoms with Crippen molar-refractivity contribution in [3.05, 3.63) is 29.0 Å². The molecular formula is C12H15NO2S2. The fourth-order valence-corrected chi connectivity index (χ4v) is 2.99. The van der Waals surface area contributed by atoms with E-state index in [2.05, 4.69) is 4.98 Å². The molecule has 0 saturated carbocycles. The third-order valence-corrected chi connectivity index (χ3v) is 4.22. The summed E-state index contributed by atoms with van der Waals surface area (Å²) in [6.07, 6.45) is 0.833. The zero-order valence-electron chi connectivity index (χ0n) is 9.68. The van der Waals surface area contributed by atoms with Crippen molar-refractivity contribution in [2.75, 3.05) is 12.4 Å². The number of aryl methyl sites for hydroxylation is 1. The van der Waals surface area contributed by atoms with Gasteiger partial charge in [-0.05, 0) is 30.5 Å². The van der Waals surface area contributed by atoms with Crippen molar-refractivity contribution in [3.8, 4) is 10.8 Å². The van der Waals surface area contributed by atoms with Crippen molar-refractivity contribution in [2.24, 2.45) is 0 Å². The Labute approximate surface area is 109 Å². The summed E-state index contributed by atoms with van der Waals surface area (Å²) in [5.41, 5.74) is 1.01. The Morgan fingerprint density at radius 2 is 2.41 bits per heavy atom. The molecule has 2 heterocycles. The third kappa shape index (κ3) is 3.34. The van der Waals surface area contributed by atoms with Crippen molar-refractivity contribution < 1.29 is 9.52 Å². The Morgan fingerprint density at radius 1 is 1.53 bits per heavy atom. The number of aliphatic hydroxyl groups excluding tert-OH is 1. The van der Waals surface area contributed by atoms with E-state index in [1.165, 1.54) is 0 Å². The SMILES string of the molecule is Cc1oc(-c2cccs2)nc1CSCCCO. The van der Waals surface area contributed by atoms with Crippen molar-refractivity contribution in [1.29, 1.82) is 0 Å². The van der Waals surface area contributed by atoms with E-state index in [9.17, 15) is 0 Å². The van der Waals surface area contributed by atoms with Gasteiger partial charge < -0.3 is 9.52 Å². The Bertz CT molecular complexity index is 451. The van der Waals surface area contributed by atoms with E-state index < -0.39 is 0 Å². The van der Waals surface area contributed by atoms with Crippen LogP contribution < -0.4 is 0 Å². The molecule has 0 aliphatic rings. The van der Waals surface area contributed by atoms with E-state index in [1.807, 2.05) is 24.4 Å². The number of aromatic nitrogens is 1. The third-order valence-electron chi connectivity index (χ3n) is 2.31. The Hall–Kier alpha value is -0.780. The molecule has 0 spiro atoms. The molecular weight excluding hydrogens is 254 g/mol. The second kappa shape index (κ2) is 6.23. The molecule has 2 aromatic heterocycles. The van der Waals surface area contributed by atoms with Gasteiger partial charge in [0.15, 0.2) is 0 Å². The summed E-state index contributed by atoms with van der Waals surface area (Å²) in [5.74, 6) is 3.41. The van der Waals surface area contributed by atoms with E-state index in [0.29, 0.717) is 0 Å². The van der Waals surface area contributed by atoms with Gasteiger partial charge in [0, 0.05) is 12.4 Å². The van der Waals surface area contributed by atoms with Crippen molar-refractivity contribution in [2.45, 2.75) is 19.1 Å². The zero-order valence-corrected chi connectivity index (χ0v) is 11.3. The van der Waals surface area contributed by atoms with E-state index >= 15 is 0 Å². The summed E-state index contributed by atoms with van der Waals surface area (Å²) in [5, 5.41) is 10.7. The molecule has 92 valence electrons. The highest BCUT2D eigenvalue weighted by atomic mass is 32.2. The predicted octanol–water partition coefficient (Wildman–Crippen LogP) is 3.33. The van der Waals surface area contributed by atoms with Crippen molar-refractivity contribution >= 4 is 23.1 Å². The van der Waals surface area contributed by atoms with Gasteiger partial charge in [0.1, 0.15) is 5.76 Å². The highest BCUT2D eigenvalue weighted by Crippen LogP contribution is 2.27. The molecule has 0 saturated heterocycles. The van der Waals surface area contributed by atoms with Gasteiger partial charge in [0.2, 0.25) is 5.89 Å². The van der Waals surface area contributed by atoms with E-state index in [-0.39, 0.29) is 6.61 Å². The number of hydrogen-bond donors (Lipinski definition) is 1. The summed E-state index contributed by atoms with van der Waals surface area (Å²) in [4.78, 5) is 5.58. The Balaban J connectivity index is 1.99. The highest BCUT2D eigenvalue weighted by Gasteiger charge is 2.11. The summed E-state index contributed by atoms with van der Waals surface area (Å²) in [6.45, 7) is 2.21. The maximum atomic E-state index is 8.70. The fraction of sp³-hybridized carbons (Fsp3) is 0.417. The van der Waals surface area contributed by atoms with Crippen LogP contribution in [-0.4, -0.2) is 22.5 Å². The molecule has 0 aliphatic carbocycles. The van der Waals surface area contributed by atoms with Crippen LogP contribution in [-0.2, 0) is 5.75 Å². The number of thiophene rings is 1. The minimum absolute atomic E-state index is 0.255. The van der Waals surface area contributed by atoms with Crippen LogP contribution in [0.5, 0.6) is 0 Å². The molecule has 2 aromatic rings.